The Kier molecular flexibility index (Phi) is 4.39. The summed E-state index contributed by atoms with van der Waals surface area (Å²) < 4.78 is 6.71. The molecular weight excluding hydrogens is 364 g/mol. The lowest BCUT2D eigenvalue weighted by atomic mass is 10.1. The molecule has 134 valence electrons. The quantitative estimate of drug-likeness (QED) is 0.424. The van der Waals surface area contributed by atoms with Crippen LogP contribution in [0.4, 0.5) is 5.82 Å². The molecule has 0 radical (unpaired) electrons. The van der Waals surface area contributed by atoms with E-state index in [0.29, 0.717) is 11.4 Å². The Bertz CT molecular complexity index is 1100. The molecule has 27 heavy (non-hydrogen) atoms. The van der Waals surface area contributed by atoms with Crippen molar-refractivity contribution in [1.29, 1.82) is 0 Å². The van der Waals surface area contributed by atoms with Crippen molar-refractivity contribution >= 4 is 35.2 Å². The van der Waals surface area contributed by atoms with E-state index in [-0.39, 0.29) is 10.7 Å². The largest absolute Gasteiger partial charge is 0.465 e. The molecule has 0 aliphatic rings. The van der Waals surface area contributed by atoms with Gasteiger partial charge in [0.05, 0.1) is 12.8 Å². The molecule has 3 heterocycles. The number of carbonyl (C=O) groups is 2. The summed E-state index contributed by atoms with van der Waals surface area (Å²) in [6.45, 7) is 0. The number of imidazole rings is 1. The predicted molar refractivity (Wildman–Crippen MR) is 103 cm³/mol. The molecule has 4 aromatic rings. The van der Waals surface area contributed by atoms with Crippen molar-refractivity contribution in [3.05, 3.63) is 59.7 Å². The number of fused-ring (bicyclic) bond motifs is 1. The summed E-state index contributed by atoms with van der Waals surface area (Å²) in [5.41, 5.74) is 3.55. The number of carbonyl (C=O) groups excluding carboxylic acids is 2. The third-order valence-corrected chi connectivity index (χ3v) is 5.07. The zero-order valence-corrected chi connectivity index (χ0v) is 15.1. The maximum atomic E-state index is 11.9. The molecule has 1 amide bonds. The molecule has 3 aromatic heterocycles. The van der Waals surface area contributed by atoms with E-state index in [0.717, 1.165) is 33.8 Å². The van der Waals surface area contributed by atoms with E-state index in [1.807, 2.05) is 59.3 Å². The molecule has 4 rings (SSSR count). The van der Waals surface area contributed by atoms with Gasteiger partial charge in [-0.15, -0.1) is 11.3 Å². The minimum absolute atomic E-state index is 0.196. The van der Waals surface area contributed by atoms with Crippen LogP contribution in [-0.2, 0) is 9.53 Å². The van der Waals surface area contributed by atoms with Gasteiger partial charge >= 0.3 is 5.97 Å². The predicted octanol–water partition coefficient (Wildman–Crippen LogP) is 3.48. The molecule has 0 aliphatic heterocycles. The van der Waals surface area contributed by atoms with Crippen LogP contribution in [0.3, 0.4) is 0 Å². The summed E-state index contributed by atoms with van der Waals surface area (Å²) in [4.78, 5) is 31.8. The van der Waals surface area contributed by atoms with Gasteiger partial charge in [-0.1, -0.05) is 30.3 Å². The van der Waals surface area contributed by atoms with E-state index in [1.165, 1.54) is 7.11 Å². The first-order chi connectivity index (χ1) is 13.2. The van der Waals surface area contributed by atoms with Crippen molar-refractivity contribution in [2.45, 2.75) is 0 Å². The molecule has 1 N–H and O–H groups in total. The fourth-order valence-corrected chi connectivity index (χ4v) is 3.64. The summed E-state index contributed by atoms with van der Waals surface area (Å²) in [7, 11) is 1.29. The number of ether oxygens (including phenoxy) is 1. The number of rotatable bonds is 5. The summed E-state index contributed by atoms with van der Waals surface area (Å²) in [6, 6.07) is 13.6. The number of nitrogens with zero attached hydrogens (tertiary/aromatic N) is 3. The number of nitrogens with one attached hydrogen (secondary N) is 1. The van der Waals surface area contributed by atoms with Gasteiger partial charge in [-0.2, -0.15) is 0 Å². The molecule has 0 saturated carbocycles. The lowest BCUT2D eigenvalue weighted by Gasteiger charge is -1.99. The highest BCUT2D eigenvalue weighted by molar-refractivity contribution is 7.17. The van der Waals surface area contributed by atoms with Gasteiger partial charge < -0.3 is 14.5 Å². The highest BCUT2D eigenvalue weighted by atomic mass is 32.1. The van der Waals surface area contributed by atoms with E-state index in [1.54, 1.807) is 0 Å². The zero-order chi connectivity index (χ0) is 18.8. The number of hydrogen-bond acceptors (Lipinski definition) is 6. The second-order valence-corrected chi connectivity index (χ2v) is 6.62. The molecule has 1 aromatic carbocycles. The minimum atomic E-state index is -0.538. The van der Waals surface area contributed by atoms with Gasteiger partial charge in [0.15, 0.2) is 10.7 Å². The van der Waals surface area contributed by atoms with Crippen LogP contribution in [0.2, 0.25) is 0 Å². The topological polar surface area (TPSA) is 85.6 Å². The van der Waals surface area contributed by atoms with Gasteiger partial charge in [0.2, 0.25) is 6.41 Å². The second kappa shape index (κ2) is 7.00. The second-order valence-electron chi connectivity index (χ2n) is 5.62. The Morgan fingerprint density at radius 3 is 2.63 bits per heavy atom. The fourth-order valence-electron chi connectivity index (χ4n) is 2.69. The van der Waals surface area contributed by atoms with Crippen molar-refractivity contribution in [3.8, 4) is 21.8 Å². The van der Waals surface area contributed by atoms with E-state index < -0.39 is 5.97 Å². The van der Waals surface area contributed by atoms with Crippen molar-refractivity contribution in [2.24, 2.45) is 0 Å². The summed E-state index contributed by atoms with van der Waals surface area (Å²) in [5, 5.41) is 3.05. The Morgan fingerprint density at radius 2 is 1.93 bits per heavy atom. The molecule has 0 unspecified atom stereocenters. The van der Waals surface area contributed by atoms with Crippen molar-refractivity contribution in [1.82, 2.24) is 14.4 Å². The van der Waals surface area contributed by atoms with Crippen LogP contribution in [-0.4, -0.2) is 33.9 Å². The molecule has 0 fully saturated rings. The number of amides is 1. The van der Waals surface area contributed by atoms with Crippen molar-refractivity contribution < 1.29 is 14.3 Å². The van der Waals surface area contributed by atoms with E-state index in [4.69, 9.17) is 4.74 Å². The smallest absolute Gasteiger partial charge is 0.351 e. The van der Waals surface area contributed by atoms with E-state index >= 15 is 0 Å². The molecule has 8 heteroatoms. The van der Waals surface area contributed by atoms with Crippen LogP contribution in [0, 0.1) is 0 Å². The number of pyridine rings is 1. The summed E-state index contributed by atoms with van der Waals surface area (Å²) >= 11 is 1.16. The van der Waals surface area contributed by atoms with Crippen LogP contribution >= 0.6 is 11.3 Å². The van der Waals surface area contributed by atoms with Crippen LogP contribution in [0.15, 0.2) is 54.9 Å². The maximum Gasteiger partial charge on any atom is 0.351 e. The molecular formula is C19H14N4O3S. The average molecular weight is 378 g/mol. The van der Waals surface area contributed by atoms with Crippen LogP contribution in [0.25, 0.3) is 27.5 Å². The lowest BCUT2D eigenvalue weighted by Crippen LogP contribution is -2.04. The average Bonchev–Trinajstić information content (AvgIpc) is 3.32. The van der Waals surface area contributed by atoms with Gasteiger partial charge in [0, 0.05) is 23.5 Å². The first kappa shape index (κ1) is 16.9. The minimum Gasteiger partial charge on any atom is -0.465 e. The Hall–Kier alpha value is -3.52. The van der Waals surface area contributed by atoms with Crippen molar-refractivity contribution in [3.63, 3.8) is 0 Å². The number of thiazole rings is 1. The first-order valence-corrected chi connectivity index (χ1v) is 8.85. The number of anilines is 1. The molecule has 0 bridgehead atoms. The SMILES string of the molecule is COC(=O)c1sc(-c2ccc(-c3cn4ccccc4n3)cc2)nc1NC=O. The number of benzene rings is 1. The third-order valence-electron chi connectivity index (χ3n) is 3.99. The Morgan fingerprint density at radius 1 is 1.15 bits per heavy atom. The standard InChI is InChI=1S/C19H14N4O3S/c1-26-19(25)16-17(20-11-24)22-18(27-16)13-7-5-12(6-8-13)14-10-23-9-3-2-4-15(23)21-14/h2-11H,1H3,(H,20,24). The fraction of sp³-hybridized carbons (Fsp3) is 0.0526. The monoisotopic (exact) mass is 378 g/mol. The first-order valence-electron chi connectivity index (χ1n) is 8.03. The summed E-state index contributed by atoms with van der Waals surface area (Å²) in [5.74, 6) is -0.342. The lowest BCUT2D eigenvalue weighted by molar-refractivity contribution is -0.105. The van der Waals surface area contributed by atoms with E-state index in [2.05, 4.69) is 15.3 Å². The highest BCUT2D eigenvalue weighted by Gasteiger charge is 2.19. The molecule has 0 spiro atoms. The molecule has 7 nitrogen and oxygen atoms in total. The maximum absolute atomic E-state index is 11.9. The van der Waals surface area contributed by atoms with Crippen LogP contribution < -0.4 is 5.32 Å². The number of esters is 1. The van der Waals surface area contributed by atoms with Gasteiger partial charge in [0.25, 0.3) is 0 Å². The van der Waals surface area contributed by atoms with Gasteiger partial charge in [-0.25, -0.2) is 14.8 Å². The zero-order valence-electron chi connectivity index (χ0n) is 14.2. The van der Waals surface area contributed by atoms with Gasteiger partial charge in [0.1, 0.15) is 10.7 Å². The van der Waals surface area contributed by atoms with E-state index in [9.17, 15) is 9.59 Å². The van der Waals surface area contributed by atoms with Crippen LogP contribution in [0.5, 0.6) is 0 Å². The summed E-state index contributed by atoms with van der Waals surface area (Å²) in [6.07, 6.45) is 4.40. The Balaban J connectivity index is 1.67. The van der Waals surface area contributed by atoms with Gasteiger partial charge in [-0.05, 0) is 12.1 Å². The highest BCUT2D eigenvalue weighted by Crippen LogP contribution is 2.32. The normalized spacial score (nSPS) is 10.7. The van der Waals surface area contributed by atoms with Crippen LogP contribution in [0.1, 0.15) is 9.67 Å². The third kappa shape index (κ3) is 3.18. The van der Waals surface area contributed by atoms with Crippen molar-refractivity contribution in [2.75, 3.05) is 12.4 Å². The molecule has 0 atom stereocenters. The molecule has 0 saturated heterocycles. The van der Waals surface area contributed by atoms with Gasteiger partial charge in [-0.3, -0.25) is 4.79 Å². The number of hydrogen-bond donors (Lipinski definition) is 1. The number of methoxy groups -OCH3 is 1. The number of aromatic nitrogens is 3. The Labute approximate surface area is 158 Å². The molecule has 0 aliphatic carbocycles.